The Balaban J connectivity index is 2.37. The Kier molecular flexibility index (Phi) is 3.00. The van der Waals surface area contributed by atoms with Crippen molar-refractivity contribution in [3.05, 3.63) is 40.3 Å². The van der Waals surface area contributed by atoms with E-state index in [1.54, 1.807) is 12.3 Å². The summed E-state index contributed by atoms with van der Waals surface area (Å²) in [6.07, 6.45) is 2.79. The first-order chi connectivity index (χ1) is 8.58. The molecule has 0 amide bonds. The number of nitrogens with one attached hydrogen (secondary N) is 1. The van der Waals surface area contributed by atoms with Crippen LogP contribution >= 0.6 is 0 Å². The molecule has 0 spiro atoms. The fourth-order valence-corrected chi connectivity index (χ4v) is 1.33. The summed E-state index contributed by atoms with van der Waals surface area (Å²) in [5.74, 6) is 0.273. The predicted molar refractivity (Wildman–Crippen MR) is 65.4 cm³/mol. The predicted octanol–water partition coefficient (Wildman–Crippen LogP) is 1.41. The van der Waals surface area contributed by atoms with Crippen molar-refractivity contribution in [3.63, 3.8) is 0 Å². The average Bonchev–Trinajstić information content (AvgIpc) is 2.32. The molecule has 8 nitrogen and oxygen atoms in total. The summed E-state index contributed by atoms with van der Waals surface area (Å²) in [5.41, 5.74) is 6.07. The Hall–Kier alpha value is -2.77. The van der Waals surface area contributed by atoms with Crippen LogP contribution < -0.4 is 11.1 Å². The summed E-state index contributed by atoms with van der Waals surface area (Å²) in [6, 6.07) is 3.52. The Labute approximate surface area is 102 Å². The topological polar surface area (TPSA) is 120 Å². The van der Waals surface area contributed by atoms with Gasteiger partial charge in [0.05, 0.1) is 4.92 Å². The molecule has 0 bridgehead atoms. The molecule has 0 saturated heterocycles. The van der Waals surface area contributed by atoms with Crippen molar-refractivity contribution in [2.24, 2.45) is 0 Å². The van der Waals surface area contributed by atoms with Gasteiger partial charge in [0, 0.05) is 6.20 Å². The molecule has 0 fully saturated rings. The molecular formula is C10H10N6O2. The van der Waals surface area contributed by atoms with Gasteiger partial charge in [0.2, 0.25) is 11.6 Å². The van der Waals surface area contributed by atoms with Crippen LogP contribution in [0.1, 0.15) is 5.56 Å². The minimum absolute atomic E-state index is 0.0175. The molecule has 0 aliphatic carbocycles. The molecule has 2 heterocycles. The molecule has 0 atom stereocenters. The van der Waals surface area contributed by atoms with Crippen LogP contribution in [-0.4, -0.2) is 19.9 Å². The molecule has 0 radical (unpaired) electrons. The van der Waals surface area contributed by atoms with Crippen LogP contribution in [0.4, 0.5) is 23.1 Å². The number of nitrogen functional groups attached to an aromatic ring is 1. The molecule has 2 aromatic heterocycles. The van der Waals surface area contributed by atoms with Crippen LogP contribution in [0.3, 0.4) is 0 Å². The lowest BCUT2D eigenvalue weighted by molar-refractivity contribution is -0.383. The zero-order valence-corrected chi connectivity index (χ0v) is 9.49. The second-order valence-corrected chi connectivity index (χ2v) is 3.56. The highest BCUT2D eigenvalue weighted by Gasteiger charge is 2.21. The molecule has 3 N–H and O–H groups in total. The van der Waals surface area contributed by atoms with Gasteiger partial charge in [0.1, 0.15) is 12.1 Å². The van der Waals surface area contributed by atoms with Gasteiger partial charge in [-0.3, -0.25) is 10.1 Å². The maximum atomic E-state index is 10.9. The van der Waals surface area contributed by atoms with E-state index in [1.807, 2.05) is 13.0 Å². The second-order valence-electron chi connectivity index (χ2n) is 3.56. The minimum atomic E-state index is -0.633. The van der Waals surface area contributed by atoms with Gasteiger partial charge >= 0.3 is 5.69 Å². The highest BCUT2D eigenvalue weighted by Crippen LogP contribution is 2.28. The maximum Gasteiger partial charge on any atom is 0.353 e. The number of pyridine rings is 1. The van der Waals surface area contributed by atoms with Crippen molar-refractivity contribution in [1.29, 1.82) is 0 Å². The smallest absolute Gasteiger partial charge is 0.353 e. The Morgan fingerprint density at radius 3 is 2.72 bits per heavy atom. The summed E-state index contributed by atoms with van der Waals surface area (Å²) >= 11 is 0. The number of aromatic nitrogens is 3. The van der Waals surface area contributed by atoms with Gasteiger partial charge in [-0.15, -0.1) is 0 Å². The molecule has 0 unspecified atom stereocenters. The van der Waals surface area contributed by atoms with E-state index >= 15 is 0 Å². The van der Waals surface area contributed by atoms with E-state index in [1.165, 1.54) is 0 Å². The van der Waals surface area contributed by atoms with Crippen LogP contribution in [-0.2, 0) is 0 Å². The maximum absolute atomic E-state index is 10.9. The normalized spacial score (nSPS) is 10.1. The Morgan fingerprint density at radius 2 is 2.11 bits per heavy atom. The van der Waals surface area contributed by atoms with Gasteiger partial charge in [-0.1, -0.05) is 6.07 Å². The summed E-state index contributed by atoms with van der Waals surface area (Å²) in [6.45, 7) is 1.89. The lowest BCUT2D eigenvalue weighted by Gasteiger charge is -2.05. The summed E-state index contributed by atoms with van der Waals surface area (Å²) in [7, 11) is 0. The third-order valence-corrected chi connectivity index (χ3v) is 2.19. The zero-order valence-electron chi connectivity index (χ0n) is 9.49. The fraction of sp³-hybridized carbons (Fsp3) is 0.100. The first-order valence-corrected chi connectivity index (χ1v) is 5.02. The molecule has 2 rings (SSSR count). The molecule has 0 aliphatic heterocycles. The third-order valence-electron chi connectivity index (χ3n) is 2.19. The molecule has 92 valence electrons. The summed E-state index contributed by atoms with van der Waals surface area (Å²) in [4.78, 5) is 21.7. The molecule has 0 saturated carbocycles. The van der Waals surface area contributed by atoms with Crippen molar-refractivity contribution in [2.45, 2.75) is 6.92 Å². The molecular weight excluding hydrogens is 236 g/mol. The van der Waals surface area contributed by atoms with Gasteiger partial charge < -0.3 is 11.1 Å². The van der Waals surface area contributed by atoms with E-state index in [4.69, 9.17) is 5.73 Å². The van der Waals surface area contributed by atoms with Crippen molar-refractivity contribution in [3.8, 4) is 0 Å². The standard InChI is InChI=1S/C10H10N6O2/c1-6-2-3-7(12-4-6)15-10-8(16(17)18)9(11)13-5-14-10/h2-5H,1H3,(H3,11,12,13,14,15). The monoisotopic (exact) mass is 246 g/mol. The van der Waals surface area contributed by atoms with Gasteiger partial charge in [-0.2, -0.15) is 0 Å². The van der Waals surface area contributed by atoms with Crippen LogP contribution in [0, 0.1) is 17.0 Å². The average molecular weight is 246 g/mol. The number of hydrogen-bond donors (Lipinski definition) is 2. The van der Waals surface area contributed by atoms with Crippen LogP contribution in [0.5, 0.6) is 0 Å². The highest BCUT2D eigenvalue weighted by atomic mass is 16.6. The van der Waals surface area contributed by atoms with E-state index in [2.05, 4.69) is 20.3 Å². The number of nitro groups is 1. The van der Waals surface area contributed by atoms with Crippen molar-refractivity contribution in [1.82, 2.24) is 15.0 Å². The highest BCUT2D eigenvalue weighted by molar-refractivity contribution is 5.71. The van der Waals surface area contributed by atoms with E-state index in [-0.39, 0.29) is 17.3 Å². The summed E-state index contributed by atoms with van der Waals surface area (Å²) in [5, 5.41) is 13.6. The minimum Gasteiger partial charge on any atom is -0.378 e. The number of nitrogens with two attached hydrogens (primary N) is 1. The second kappa shape index (κ2) is 4.62. The number of rotatable bonds is 3. The van der Waals surface area contributed by atoms with Crippen molar-refractivity contribution >= 4 is 23.1 Å². The first-order valence-electron chi connectivity index (χ1n) is 5.02. The number of nitrogens with zero attached hydrogens (tertiary/aromatic N) is 4. The van der Waals surface area contributed by atoms with Gasteiger partial charge in [0.15, 0.2) is 0 Å². The lowest BCUT2D eigenvalue weighted by Crippen LogP contribution is -2.05. The van der Waals surface area contributed by atoms with Crippen LogP contribution in [0.25, 0.3) is 0 Å². The van der Waals surface area contributed by atoms with Gasteiger partial charge in [-0.05, 0) is 18.6 Å². The number of hydrogen-bond acceptors (Lipinski definition) is 7. The molecule has 0 aromatic carbocycles. The first kappa shape index (κ1) is 11.7. The fourth-order valence-electron chi connectivity index (χ4n) is 1.33. The Bertz CT molecular complexity index is 583. The van der Waals surface area contributed by atoms with Gasteiger partial charge in [-0.25, -0.2) is 15.0 Å². The zero-order chi connectivity index (χ0) is 13.1. The third kappa shape index (κ3) is 2.32. The largest absolute Gasteiger partial charge is 0.378 e. The van der Waals surface area contributed by atoms with Crippen LogP contribution in [0.15, 0.2) is 24.7 Å². The van der Waals surface area contributed by atoms with Crippen molar-refractivity contribution < 1.29 is 4.92 Å². The number of aryl methyl sites for hydroxylation is 1. The quantitative estimate of drug-likeness (QED) is 0.620. The molecule has 2 aromatic rings. The van der Waals surface area contributed by atoms with Crippen LogP contribution in [0.2, 0.25) is 0 Å². The molecule has 18 heavy (non-hydrogen) atoms. The summed E-state index contributed by atoms with van der Waals surface area (Å²) < 4.78 is 0. The molecule has 0 aliphatic rings. The van der Waals surface area contributed by atoms with E-state index in [0.29, 0.717) is 5.82 Å². The number of anilines is 3. The Morgan fingerprint density at radius 1 is 1.33 bits per heavy atom. The van der Waals surface area contributed by atoms with E-state index in [0.717, 1.165) is 11.9 Å². The molecule has 8 heteroatoms. The van der Waals surface area contributed by atoms with Gasteiger partial charge in [0.25, 0.3) is 0 Å². The van der Waals surface area contributed by atoms with E-state index in [9.17, 15) is 10.1 Å². The van der Waals surface area contributed by atoms with Crippen molar-refractivity contribution in [2.75, 3.05) is 11.1 Å². The lowest BCUT2D eigenvalue weighted by atomic mass is 10.3. The SMILES string of the molecule is Cc1ccc(Nc2ncnc(N)c2[N+](=O)[O-])nc1. The van der Waals surface area contributed by atoms with E-state index < -0.39 is 4.92 Å².